The maximum Gasteiger partial charge on any atom is 0.243 e. The van der Waals surface area contributed by atoms with Gasteiger partial charge in [-0.2, -0.15) is 4.31 Å². The maximum atomic E-state index is 13.1. The van der Waals surface area contributed by atoms with E-state index >= 15 is 0 Å². The van der Waals surface area contributed by atoms with Gasteiger partial charge in [-0.1, -0.05) is 6.07 Å². The van der Waals surface area contributed by atoms with E-state index < -0.39 is 10.0 Å². The Labute approximate surface area is 142 Å². The topological polar surface area (TPSA) is 65.5 Å². The van der Waals surface area contributed by atoms with Gasteiger partial charge < -0.3 is 5.32 Å². The van der Waals surface area contributed by atoms with E-state index in [0.717, 1.165) is 32.6 Å². The minimum atomic E-state index is -3.48. The predicted octanol–water partition coefficient (Wildman–Crippen LogP) is 0.903. The molecule has 128 valence electrons. The second-order valence-electron chi connectivity index (χ2n) is 6.41. The Morgan fingerprint density at radius 2 is 1.92 bits per heavy atom. The summed E-state index contributed by atoms with van der Waals surface area (Å²) in [6.07, 6.45) is 2.84. The number of hydrogen-bond acceptors (Lipinski definition) is 5. The van der Waals surface area contributed by atoms with Crippen molar-refractivity contribution in [2.45, 2.75) is 17.4 Å². The molecule has 2 aliphatic rings. The van der Waals surface area contributed by atoms with E-state index in [2.05, 4.69) is 15.2 Å². The first-order chi connectivity index (χ1) is 11.7. The normalized spacial score (nSPS) is 23.8. The molecule has 2 aromatic rings. The third-order valence-electron chi connectivity index (χ3n) is 5.05. The van der Waals surface area contributed by atoms with Crippen molar-refractivity contribution < 1.29 is 8.42 Å². The Bertz CT molecular complexity index is 820. The molecule has 3 heterocycles. The highest BCUT2D eigenvalue weighted by Crippen LogP contribution is 2.25. The van der Waals surface area contributed by atoms with Crippen molar-refractivity contribution >= 4 is 20.9 Å². The Kier molecular flexibility index (Phi) is 4.26. The average molecular weight is 346 g/mol. The summed E-state index contributed by atoms with van der Waals surface area (Å²) in [4.78, 5) is 7.04. The Morgan fingerprint density at radius 1 is 1.08 bits per heavy atom. The zero-order chi connectivity index (χ0) is 16.6. The van der Waals surface area contributed by atoms with Crippen LogP contribution in [0, 0.1) is 0 Å². The zero-order valence-electron chi connectivity index (χ0n) is 13.6. The van der Waals surface area contributed by atoms with E-state index in [9.17, 15) is 8.42 Å². The molecule has 2 saturated heterocycles. The number of hydrogen-bond donors (Lipinski definition) is 1. The van der Waals surface area contributed by atoms with E-state index in [-0.39, 0.29) is 0 Å². The van der Waals surface area contributed by atoms with Crippen molar-refractivity contribution in [1.29, 1.82) is 0 Å². The molecule has 1 N–H and O–H groups in total. The molecule has 24 heavy (non-hydrogen) atoms. The molecular weight excluding hydrogens is 324 g/mol. The molecule has 1 aromatic heterocycles. The van der Waals surface area contributed by atoms with Crippen molar-refractivity contribution in [1.82, 2.24) is 19.5 Å². The van der Waals surface area contributed by atoms with Crippen LogP contribution in [0.15, 0.2) is 41.4 Å². The summed E-state index contributed by atoms with van der Waals surface area (Å²) in [5.74, 6) is 0. The van der Waals surface area contributed by atoms with Gasteiger partial charge in [0.15, 0.2) is 0 Å². The second-order valence-corrected chi connectivity index (χ2v) is 8.32. The fraction of sp³-hybridized carbons (Fsp3) is 0.471. The number of nitrogens with one attached hydrogen (secondary N) is 1. The number of nitrogens with zero attached hydrogens (tertiary/aromatic N) is 3. The van der Waals surface area contributed by atoms with Crippen LogP contribution in [0.4, 0.5) is 0 Å². The number of fused-ring (bicyclic) bond motifs is 1. The van der Waals surface area contributed by atoms with E-state index in [1.165, 1.54) is 0 Å². The van der Waals surface area contributed by atoms with Crippen LogP contribution in [0.5, 0.6) is 0 Å². The van der Waals surface area contributed by atoms with Crippen LogP contribution in [-0.2, 0) is 10.0 Å². The van der Waals surface area contributed by atoms with Crippen molar-refractivity contribution in [2.24, 2.45) is 0 Å². The molecule has 1 aromatic carbocycles. The van der Waals surface area contributed by atoms with E-state index in [0.29, 0.717) is 34.9 Å². The number of benzene rings is 1. The van der Waals surface area contributed by atoms with Crippen LogP contribution in [-0.4, -0.2) is 67.9 Å². The molecule has 0 saturated carbocycles. The summed E-state index contributed by atoms with van der Waals surface area (Å²) in [5.41, 5.74) is 0.717. The Balaban J connectivity index is 1.57. The molecule has 4 rings (SSSR count). The summed E-state index contributed by atoms with van der Waals surface area (Å²) >= 11 is 0. The second kappa shape index (κ2) is 6.40. The summed E-state index contributed by atoms with van der Waals surface area (Å²) in [6.45, 7) is 4.78. The minimum absolute atomic E-state index is 0.365. The lowest BCUT2D eigenvalue weighted by Gasteiger charge is -2.37. The Hall–Kier alpha value is -1.54. The van der Waals surface area contributed by atoms with E-state index in [1.807, 2.05) is 12.1 Å². The van der Waals surface area contributed by atoms with Gasteiger partial charge in [-0.3, -0.25) is 9.88 Å². The van der Waals surface area contributed by atoms with Gasteiger partial charge in [-0.15, -0.1) is 0 Å². The largest absolute Gasteiger partial charge is 0.315 e. The lowest BCUT2D eigenvalue weighted by Crippen LogP contribution is -2.52. The van der Waals surface area contributed by atoms with Crippen LogP contribution in [0.1, 0.15) is 6.42 Å². The van der Waals surface area contributed by atoms with Gasteiger partial charge in [0.25, 0.3) is 0 Å². The Morgan fingerprint density at radius 3 is 2.67 bits per heavy atom. The molecule has 0 spiro atoms. The van der Waals surface area contributed by atoms with Crippen LogP contribution in [0.2, 0.25) is 0 Å². The molecule has 0 amide bonds. The highest BCUT2D eigenvalue weighted by atomic mass is 32.2. The van der Waals surface area contributed by atoms with Gasteiger partial charge in [-0.05, 0) is 37.2 Å². The molecule has 1 unspecified atom stereocenters. The lowest BCUT2D eigenvalue weighted by molar-refractivity contribution is 0.145. The van der Waals surface area contributed by atoms with E-state index in [1.54, 1.807) is 28.7 Å². The number of piperazine rings is 1. The van der Waals surface area contributed by atoms with Gasteiger partial charge in [-0.25, -0.2) is 8.42 Å². The van der Waals surface area contributed by atoms with Gasteiger partial charge in [0.05, 0.1) is 10.4 Å². The first kappa shape index (κ1) is 16.0. The maximum absolute atomic E-state index is 13.1. The molecule has 2 fully saturated rings. The molecule has 1 atom stereocenters. The van der Waals surface area contributed by atoms with Gasteiger partial charge in [0.2, 0.25) is 10.0 Å². The van der Waals surface area contributed by atoms with Crippen LogP contribution in [0.3, 0.4) is 0 Å². The zero-order valence-corrected chi connectivity index (χ0v) is 14.4. The third kappa shape index (κ3) is 2.82. The minimum Gasteiger partial charge on any atom is -0.315 e. The summed E-state index contributed by atoms with van der Waals surface area (Å²) in [7, 11) is -3.48. The van der Waals surface area contributed by atoms with Crippen molar-refractivity contribution in [3.8, 4) is 0 Å². The fourth-order valence-corrected chi connectivity index (χ4v) is 5.32. The van der Waals surface area contributed by atoms with Crippen LogP contribution in [0.25, 0.3) is 10.9 Å². The summed E-state index contributed by atoms with van der Waals surface area (Å²) in [6, 6.07) is 9.47. The third-order valence-corrected chi connectivity index (χ3v) is 7.00. The standard InChI is InChI=1S/C17H22N4O2S/c22-24(23,17-5-1-4-16-15(17)3-2-7-19-16)21-11-9-20(10-12-21)14-6-8-18-13-14/h1-5,7,14,18H,6,8-13H2. The van der Waals surface area contributed by atoms with Crippen molar-refractivity contribution in [2.75, 3.05) is 39.3 Å². The van der Waals surface area contributed by atoms with Crippen LogP contribution >= 0.6 is 0 Å². The number of pyridine rings is 1. The first-order valence-corrected chi connectivity index (χ1v) is 9.89. The molecule has 0 bridgehead atoms. The number of aromatic nitrogens is 1. The first-order valence-electron chi connectivity index (χ1n) is 8.45. The SMILES string of the molecule is O=S(=O)(c1cccc2ncccc12)N1CCN(C2CCNC2)CC1. The highest BCUT2D eigenvalue weighted by molar-refractivity contribution is 7.89. The molecule has 2 aliphatic heterocycles. The molecule has 0 aliphatic carbocycles. The van der Waals surface area contributed by atoms with E-state index in [4.69, 9.17) is 0 Å². The number of rotatable bonds is 3. The summed E-state index contributed by atoms with van der Waals surface area (Å²) in [5, 5.41) is 4.07. The van der Waals surface area contributed by atoms with Crippen molar-refractivity contribution in [3.05, 3.63) is 36.5 Å². The van der Waals surface area contributed by atoms with Gasteiger partial charge >= 0.3 is 0 Å². The molecule has 7 heteroatoms. The monoisotopic (exact) mass is 346 g/mol. The van der Waals surface area contributed by atoms with Crippen molar-refractivity contribution in [3.63, 3.8) is 0 Å². The van der Waals surface area contributed by atoms with Crippen LogP contribution < -0.4 is 5.32 Å². The quantitative estimate of drug-likeness (QED) is 0.895. The highest BCUT2D eigenvalue weighted by Gasteiger charge is 2.32. The smallest absolute Gasteiger partial charge is 0.243 e. The van der Waals surface area contributed by atoms with Gasteiger partial charge in [0.1, 0.15) is 0 Å². The number of sulfonamides is 1. The average Bonchev–Trinajstić information content (AvgIpc) is 3.16. The predicted molar refractivity (Wildman–Crippen MR) is 93.3 cm³/mol. The molecule has 6 nitrogen and oxygen atoms in total. The molecule has 0 radical (unpaired) electrons. The lowest BCUT2D eigenvalue weighted by atomic mass is 10.2. The fourth-order valence-electron chi connectivity index (χ4n) is 3.70. The molecular formula is C17H22N4O2S. The van der Waals surface area contributed by atoms with Gasteiger partial charge in [0, 0.05) is 50.3 Å². The summed E-state index contributed by atoms with van der Waals surface area (Å²) < 4.78 is 27.8.